The first-order valence-corrected chi connectivity index (χ1v) is 9.13. The third kappa shape index (κ3) is 2.29. The minimum absolute atomic E-state index is 0.211. The van der Waals surface area contributed by atoms with Crippen LogP contribution in [0.25, 0.3) is 0 Å². The van der Waals surface area contributed by atoms with Gasteiger partial charge in [-0.2, -0.15) is 0 Å². The predicted octanol–water partition coefficient (Wildman–Crippen LogP) is 3.69. The molecule has 0 aliphatic carbocycles. The van der Waals surface area contributed by atoms with Crippen molar-refractivity contribution in [3.8, 4) is 0 Å². The lowest BCUT2D eigenvalue weighted by Gasteiger charge is -2.22. The minimum atomic E-state index is -0.400. The van der Waals surface area contributed by atoms with Gasteiger partial charge in [0.1, 0.15) is 0 Å². The molecule has 5 heteroatoms. The predicted molar refractivity (Wildman–Crippen MR) is 106 cm³/mol. The molecule has 5 rings (SSSR count). The van der Waals surface area contributed by atoms with Gasteiger partial charge < -0.3 is 4.90 Å². The normalized spacial score (nSPS) is 15.0. The van der Waals surface area contributed by atoms with E-state index in [-0.39, 0.29) is 5.91 Å². The van der Waals surface area contributed by atoms with Crippen LogP contribution in [0.2, 0.25) is 0 Å². The van der Waals surface area contributed by atoms with Gasteiger partial charge in [0.15, 0.2) is 0 Å². The van der Waals surface area contributed by atoms with Crippen molar-refractivity contribution >= 4 is 29.1 Å². The number of nitrogens with zero attached hydrogens (tertiary/aromatic N) is 2. The fraction of sp³-hybridized carbons (Fsp3) is 0.0870. The molecule has 0 saturated carbocycles. The zero-order valence-electron chi connectivity index (χ0n) is 15.0. The topological polar surface area (TPSA) is 57.7 Å². The summed E-state index contributed by atoms with van der Waals surface area (Å²) in [5.74, 6) is -1.01. The molecule has 2 aliphatic rings. The summed E-state index contributed by atoms with van der Waals surface area (Å²) in [6.07, 6.45) is 0.789. The average Bonchev–Trinajstić information content (AvgIpc) is 3.27. The second kappa shape index (κ2) is 6.16. The molecule has 5 nitrogen and oxygen atoms in total. The molecule has 136 valence electrons. The SMILES string of the molecule is O=C(c1ccccc1N1C(=O)c2ccccc2C1=O)N1CCc2ccccc21. The van der Waals surface area contributed by atoms with Crippen LogP contribution in [-0.4, -0.2) is 24.3 Å². The summed E-state index contributed by atoms with van der Waals surface area (Å²) in [5, 5.41) is 0. The van der Waals surface area contributed by atoms with Crippen molar-refractivity contribution in [3.05, 3.63) is 95.1 Å². The molecule has 0 saturated heterocycles. The minimum Gasteiger partial charge on any atom is -0.308 e. The van der Waals surface area contributed by atoms with Crippen molar-refractivity contribution in [2.45, 2.75) is 6.42 Å². The molecule has 0 unspecified atom stereocenters. The zero-order valence-corrected chi connectivity index (χ0v) is 15.0. The number of amides is 3. The van der Waals surface area contributed by atoms with Gasteiger partial charge >= 0.3 is 0 Å². The maximum absolute atomic E-state index is 13.4. The van der Waals surface area contributed by atoms with E-state index in [0.29, 0.717) is 28.9 Å². The monoisotopic (exact) mass is 368 g/mol. The van der Waals surface area contributed by atoms with Gasteiger partial charge in [0.05, 0.1) is 22.4 Å². The summed E-state index contributed by atoms with van der Waals surface area (Å²) < 4.78 is 0. The van der Waals surface area contributed by atoms with Crippen LogP contribution in [0.5, 0.6) is 0 Å². The van der Waals surface area contributed by atoms with Crippen LogP contribution in [0.4, 0.5) is 11.4 Å². The van der Waals surface area contributed by atoms with Gasteiger partial charge in [-0.3, -0.25) is 14.4 Å². The molecule has 3 aromatic carbocycles. The number of benzene rings is 3. The molecule has 0 aromatic heterocycles. The number of para-hydroxylation sites is 2. The second-order valence-corrected chi connectivity index (χ2v) is 6.84. The van der Waals surface area contributed by atoms with Crippen LogP contribution in [0.1, 0.15) is 36.6 Å². The van der Waals surface area contributed by atoms with E-state index in [1.54, 1.807) is 53.4 Å². The quantitative estimate of drug-likeness (QED) is 0.648. The number of carbonyl (C=O) groups excluding carboxylic acids is 3. The van der Waals surface area contributed by atoms with E-state index in [1.807, 2.05) is 24.3 Å². The summed E-state index contributed by atoms with van der Waals surface area (Å²) in [4.78, 5) is 41.9. The van der Waals surface area contributed by atoms with Gasteiger partial charge in [-0.15, -0.1) is 0 Å². The molecule has 0 N–H and O–H groups in total. The Bertz CT molecular complexity index is 1120. The zero-order chi connectivity index (χ0) is 19.3. The van der Waals surface area contributed by atoms with E-state index in [4.69, 9.17) is 0 Å². The highest BCUT2D eigenvalue weighted by atomic mass is 16.2. The maximum Gasteiger partial charge on any atom is 0.266 e. The lowest BCUT2D eigenvalue weighted by molar-refractivity contribution is 0.0926. The Morgan fingerprint density at radius 1 is 0.714 bits per heavy atom. The van der Waals surface area contributed by atoms with Crippen molar-refractivity contribution in [1.82, 2.24) is 0 Å². The Kier molecular flexibility index (Phi) is 3.62. The number of hydrogen-bond donors (Lipinski definition) is 0. The Morgan fingerprint density at radius 3 is 2.00 bits per heavy atom. The van der Waals surface area contributed by atoms with Crippen molar-refractivity contribution in [3.63, 3.8) is 0 Å². The summed E-state index contributed by atoms with van der Waals surface area (Å²) in [7, 11) is 0. The lowest BCUT2D eigenvalue weighted by Crippen LogP contribution is -2.34. The average molecular weight is 368 g/mol. The molecular weight excluding hydrogens is 352 g/mol. The van der Waals surface area contributed by atoms with Crippen LogP contribution < -0.4 is 9.80 Å². The van der Waals surface area contributed by atoms with E-state index in [9.17, 15) is 14.4 Å². The summed E-state index contributed by atoms with van der Waals surface area (Å²) in [5.41, 5.74) is 3.39. The number of anilines is 2. The summed E-state index contributed by atoms with van der Waals surface area (Å²) in [6, 6.07) is 21.3. The smallest absolute Gasteiger partial charge is 0.266 e. The lowest BCUT2D eigenvalue weighted by atomic mass is 10.1. The third-order valence-corrected chi connectivity index (χ3v) is 5.30. The first-order chi connectivity index (χ1) is 13.7. The first kappa shape index (κ1) is 16.4. The molecule has 2 heterocycles. The molecule has 2 aliphatic heterocycles. The molecule has 0 fully saturated rings. The van der Waals surface area contributed by atoms with E-state index < -0.39 is 11.8 Å². The number of rotatable bonds is 2. The fourth-order valence-corrected chi connectivity index (χ4v) is 3.95. The number of fused-ring (bicyclic) bond motifs is 2. The largest absolute Gasteiger partial charge is 0.308 e. The highest BCUT2D eigenvalue weighted by Gasteiger charge is 2.38. The Balaban J connectivity index is 1.57. The van der Waals surface area contributed by atoms with Crippen LogP contribution in [0.15, 0.2) is 72.8 Å². The van der Waals surface area contributed by atoms with Gasteiger partial charge in [-0.05, 0) is 42.3 Å². The number of carbonyl (C=O) groups is 3. The molecule has 28 heavy (non-hydrogen) atoms. The molecule has 3 aromatic rings. The van der Waals surface area contributed by atoms with E-state index in [0.717, 1.165) is 22.6 Å². The van der Waals surface area contributed by atoms with Crippen LogP contribution in [0, 0.1) is 0 Å². The molecule has 3 amide bonds. The van der Waals surface area contributed by atoms with Gasteiger partial charge in [0.25, 0.3) is 17.7 Å². The van der Waals surface area contributed by atoms with Crippen molar-refractivity contribution in [2.24, 2.45) is 0 Å². The van der Waals surface area contributed by atoms with Crippen LogP contribution in [0.3, 0.4) is 0 Å². The van der Waals surface area contributed by atoms with E-state index in [2.05, 4.69) is 0 Å². The van der Waals surface area contributed by atoms with Crippen molar-refractivity contribution in [2.75, 3.05) is 16.3 Å². The first-order valence-electron chi connectivity index (χ1n) is 9.13. The van der Waals surface area contributed by atoms with Crippen LogP contribution in [-0.2, 0) is 6.42 Å². The fourth-order valence-electron chi connectivity index (χ4n) is 3.95. The molecular formula is C23H16N2O3. The Hall–Kier alpha value is -3.73. The van der Waals surface area contributed by atoms with Gasteiger partial charge in [-0.1, -0.05) is 42.5 Å². The maximum atomic E-state index is 13.4. The highest BCUT2D eigenvalue weighted by Crippen LogP contribution is 2.34. The summed E-state index contributed by atoms with van der Waals surface area (Å²) in [6.45, 7) is 0.578. The van der Waals surface area contributed by atoms with Crippen LogP contribution >= 0.6 is 0 Å². The molecule has 0 radical (unpaired) electrons. The number of imide groups is 1. The molecule has 0 bridgehead atoms. The van der Waals surface area contributed by atoms with Gasteiger partial charge in [0, 0.05) is 12.2 Å². The number of hydrogen-bond acceptors (Lipinski definition) is 3. The molecule has 0 spiro atoms. The van der Waals surface area contributed by atoms with E-state index in [1.165, 1.54) is 0 Å². The Labute approximate surface area is 161 Å². The van der Waals surface area contributed by atoms with Gasteiger partial charge in [-0.25, -0.2) is 4.90 Å². The Morgan fingerprint density at radius 2 is 1.29 bits per heavy atom. The van der Waals surface area contributed by atoms with Crippen molar-refractivity contribution in [1.29, 1.82) is 0 Å². The summed E-state index contributed by atoms with van der Waals surface area (Å²) >= 11 is 0. The van der Waals surface area contributed by atoms with Gasteiger partial charge in [0.2, 0.25) is 0 Å². The standard InChI is InChI=1S/C23H16N2O3/c26-21(24-14-13-15-7-1-5-11-19(15)24)18-10-4-6-12-20(18)25-22(27)16-8-2-3-9-17(16)23(25)28/h1-12H,13-14H2. The molecule has 0 atom stereocenters. The van der Waals surface area contributed by atoms with E-state index >= 15 is 0 Å². The third-order valence-electron chi connectivity index (χ3n) is 5.30. The second-order valence-electron chi connectivity index (χ2n) is 6.84. The van der Waals surface area contributed by atoms with Crippen molar-refractivity contribution < 1.29 is 14.4 Å². The highest BCUT2D eigenvalue weighted by molar-refractivity contribution is 6.35.